The second-order valence-electron chi connectivity index (χ2n) is 5.28. The zero-order valence-corrected chi connectivity index (χ0v) is 13.9. The summed E-state index contributed by atoms with van der Waals surface area (Å²) >= 11 is 0.992. The highest BCUT2D eigenvalue weighted by Gasteiger charge is 2.12. The van der Waals surface area contributed by atoms with Crippen LogP contribution in [0.5, 0.6) is 5.75 Å². The van der Waals surface area contributed by atoms with E-state index in [0.29, 0.717) is 27.4 Å². The lowest BCUT2D eigenvalue weighted by Crippen LogP contribution is -1.87. The van der Waals surface area contributed by atoms with E-state index in [0.717, 1.165) is 27.9 Å². The summed E-state index contributed by atoms with van der Waals surface area (Å²) in [6, 6.07) is 13.2. The largest absolute Gasteiger partial charge is 0.493 e. The van der Waals surface area contributed by atoms with Gasteiger partial charge in [-0.25, -0.2) is 9.78 Å². The number of nitriles is 1. The average Bonchev–Trinajstić information content (AvgIpc) is 3.21. The molecule has 4 rings (SSSR count). The van der Waals surface area contributed by atoms with Crippen LogP contribution >= 0.6 is 11.3 Å². The molecule has 4 aromatic rings. The molecule has 1 N–H and O–H groups in total. The van der Waals surface area contributed by atoms with Gasteiger partial charge in [-0.1, -0.05) is 23.5 Å². The van der Waals surface area contributed by atoms with Gasteiger partial charge in [-0.2, -0.15) is 5.26 Å². The van der Waals surface area contributed by atoms with E-state index in [9.17, 15) is 10.1 Å². The van der Waals surface area contributed by atoms with Crippen LogP contribution in [0, 0.1) is 11.3 Å². The number of hydrogen-bond donors (Lipinski definition) is 1. The van der Waals surface area contributed by atoms with Crippen LogP contribution in [0.15, 0.2) is 45.6 Å². The maximum absolute atomic E-state index is 11.5. The van der Waals surface area contributed by atoms with Crippen LogP contribution in [-0.4, -0.2) is 17.1 Å². The van der Waals surface area contributed by atoms with Crippen molar-refractivity contribution < 1.29 is 9.15 Å². The van der Waals surface area contributed by atoms with Crippen molar-refractivity contribution in [3.8, 4) is 11.8 Å². The quantitative estimate of drug-likeness (QED) is 0.568. The Balaban J connectivity index is 1.86. The van der Waals surface area contributed by atoms with Crippen LogP contribution in [0.3, 0.4) is 0 Å². The number of ether oxygens (including phenoxy) is 1. The molecule has 6 nitrogen and oxygen atoms in total. The fourth-order valence-corrected chi connectivity index (χ4v) is 3.34. The van der Waals surface area contributed by atoms with E-state index in [2.05, 4.69) is 16.0 Å². The first-order valence-corrected chi connectivity index (χ1v) is 8.18. The van der Waals surface area contributed by atoms with E-state index in [1.165, 1.54) is 7.11 Å². The summed E-state index contributed by atoms with van der Waals surface area (Å²) in [6.07, 6.45) is 1.70. The summed E-state index contributed by atoms with van der Waals surface area (Å²) < 4.78 is 11.1. The van der Waals surface area contributed by atoms with Gasteiger partial charge in [0.25, 0.3) is 0 Å². The smallest absolute Gasteiger partial charge is 0.396 e. The number of benzene rings is 2. The van der Waals surface area contributed by atoms with E-state index in [-0.39, 0.29) is 0 Å². The van der Waals surface area contributed by atoms with Crippen molar-refractivity contribution in [2.45, 2.75) is 0 Å². The third-order valence-corrected chi connectivity index (χ3v) is 4.49. The molecule has 7 heteroatoms. The van der Waals surface area contributed by atoms with E-state index in [1.54, 1.807) is 18.2 Å². The fourth-order valence-electron chi connectivity index (χ4n) is 2.60. The van der Waals surface area contributed by atoms with Crippen molar-refractivity contribution in [3.63, 3.8) is 0 Å². The maximum atomic E-state index is 11.5. The molecule has 0 saturated heterocycles. The number of aromatic amines is 1. The van der Waals surface area contributed by atoms with E-state index in [1.807, 2.05) is 24.3 Å². The third-order valence-electron chi connectivity index (χ3n) is 3.72. The van der Waals surface area contributed by atoms with Gasteiger partial charge in [-0.05, 0) is 35.9 Å². The summed E-state index contributed by atoms with van der Waals surface area (Å²) in [5, 5.41) is 9.53. The van der Waals surface area contributed by atoms with Crippen LogP contribution in [0.25, 0.3) is 33.0 Å². The second-order valence-corrected chi connectivity index (χ2v) is 6.25. The molecule has 0 atom stereocenters. The molecule has 0 bridgehead atoms. The Labute approximate surface area is 145 Å². The van der Waals surface area contributed by atoms with E-state index >= 15 is 0 Å². The van der Waals surface area contributed by atoms with Crippen molar-refractivity contribution in [1.82, 2.24) is 9.97 Å². The minimum absolute atomic E-state index is 0.383. The van der Waals surface area contributed by atoms with Crippen molar-refractivity contribution >= 4 is 44.3 Å². The number of imidazole rings is 1. The highest BCUT2D eigenvalue weighted by molar-refractivity contribution is 7.16. The van der Waals surface area contributed by atoms with Crippen LogP contribution in [0.4, 0.5) is 0 Å². The van der Waals surface area contributed by atoms with Gasteiger partial charge in [0.2, 0.25) is 0 Å². The average molecular weight is 349 g/mol. The fraction of sp³-hybridized carbons (Fsp3) is 0.0556. The van der Waals surface area contributed by atoms with Crippen molar-refractivity contribution in [2.75, 3.05) is 7.11 Å². The van der Waals surface area contributed by atoms with E-state index < -0.39 is 4.94 Å². The summed E-state index contributed by atoms with van der Waals surface area (Å²) in [5.74, 6) is 0.937. The Bertz CT molecular complexity index is 1190. The van der Waals surface area contributed by atoms with Crippen LogP contribution in [0.1, 0.15) is 11.4 Å². The molecule has 2 aromatic heterocycles. The molecule has 122 valence electrons. The van der Waals surface area contributed by atoms with Gasteiger partial charge in [0.1, 0.15) is 11.9 Å². The Morgan fingerprint density at radius 3 is 3.00 bits per heavy atom. The number of H-pyrrole nitrogens is 1. The first-order chi connectivity index (χ1) is 12.2. The van der Waals surface area contributed by atoms with Crippen LogP contribution in [-0.2, 0) is 0 Å². The van der Waals surface area contributed by atoms with Gasteiger partial charge in [0.15, 0.2) is 11.3 Å². The molecule has 0 spiro atoms. The number of fused-ring (bicyclic) bond motifs is 2. The predicted molar refractivity (Wildman–Crippen MR) is 96.5 cm³/mol. The number of allylic oxidation sites excluding steroid dienone is 1. The maximum Gasteiger partial charge on any atom is 0.396 e. The summed E-state index contributed by atoms with van der Waals surface area (Å²) in [7, 11) is 1.50. The number of aromatic nitrogens is 2. The molecule has 0 aliphatic carbocycles. The first-order valence-electron chi connectivity index (χ1n) is 7.36. The Morgan fingerprint density at radius 1 is 1.40 bits per heavy atom. The summed E-state index contributed by atoms with van der Waals surface area (Å²) in [5.41, 5.74) is 3.17. The first kappa shape index (κ1) is 15.2. The summed E-state index contributed by atoms with van der Waals surface area (Å²) in [6.45, 7) is 0. The standard InChI is InChI=1S/C18H11N3O3S/c1-23-14-7-10(8-15-16(14)24-18(22)25-15)6-11(9-19)17-20-12-4-2-3-5-13(12)21-17/h2-8H,1H3,(H,20,21). The zero-order chi connectivity index (χ0) is 17.4. The molecule has 0 radical (unpaired) electrons. The molecule has 0 saturated carbocycles. The van der Waals surface area contributed by atoms with Crippen molar-refractivity contribution in [1.29, 1.82) is 5.26 Å². The minimum Gasteiger partial charge on any atom is -0.493 e. The number of methoxy groups -OCH3 is 1. The number of para-hydroxylation sites is 2. The predicted octanol–water partition coefficient (Wildman–Crippen LogP) is 3.80. The Hall–Kier alpha value is -3.37. The van der Waals surface area contributed by atoms with Gasteiger partial charge in [0.05, 0.1) is 28.4 Å². The summed E-state index contributed by atoms with van der Waals surface area (Å²) in [4.78, 5) is 18.7. The number of hydrogen-bond acceptors (Lipinski definition) is 6. The van der Waals surface area contributed by atoms with Gasteiger partial charge in [-0.15, -0.1) is 0 Å². The molecule has 2 aromatic carbocycles. The molecule has 25 heavy (non-hydrogen) atoms. The van der Waals surface area contributed by atoms with E-state index in [4.69, 9.17) is 9.15 Å². The molecule has 2 heterocycles. The Morgan fingerprint density at radius 2 is 2.24 bits per heavy atom. The highest BCUT2D eigenvalue weighted by Crippen LogP contribution is 2.31. The second kappa shape index (κ2) is 5.92. The lowest BCUT2D eigenvalue weighted by atomic mass is 10.1. The lowest BCUT2D eigenvalue weighted by molar-refractivity contribution is 0.408. The molecule has 0 aliphatic heterocycles. The molecular formula is C18H11N3O3S. The Kier molecular flexibility index (Phi) is 3.60. The molecular weight excluding hydrogens is 338 g/mol. The van der Waals surface area contributed by atoms with Gasteiger partial charge in [0, 0.05) is 0 Å². The van der Waals surface area contributed by atoms with Gasteiger partial charge >= 0.3 is 4.94 Å². The molecule has 0 unspecified atom stereocenters. The number of nitrogens with one attached hydrogen (secondary N) is 1. The SMILES string of the molecule is COc1cc(C=C(C#N)c2nc3ccccc3[nH]2)cc2sc(=O)oc12. The van der Waals surface area contributed by atoms with Crippen LogP contribution < -0.4 is 9.68 Å². The van der Waals surface area contributed by atoms with Crippen molar-refractivity contribution in [3.05, 3.63) is 57.5 Å². The number of nitrogens with zero attached hydrogens (tertiary/aromatic N) is 2. The molecule has 0 aliphatic rings. The van der Waals surface area contributed by atoms with Crippen LogP contribution in [0.2, 0.25) is 0 Å². The molecule has 0 fully saturated rings. The number of rotatable bonds is 3. The highest BCUT2D eigenvalue weighted by atomic mass is 32.1. The normalized spacial score (nSPS) is 11.8. The monoisotopic (exact) mass is 349 g/mol. The molecule has 0 amide bonds. The van der Waals surface area contributed by atoms with Crippen molar-refractivity contribution in [2.24, 2.45) is 0 Å². The lowest BCUT2D eigenvalue weighted by Gasteiger charge is -2.02. The van der Waals surface area contributed by atoms with Gasteiger partial charge < -0.3 is 14.1 Å². The minimum atomic E-state index is -0.396. The third kappa shape index (κ3) is 2.69. The topological polar surface area (TPSA) is 91.9 Å². The zero-order valence-electron chi connectivity index (χ0n) is 13.1. The van der Waals surface area contributed by atoms with Gasteiger partial charge in [-0.3, -0.25) is 0 Å².